The summed E-state index contributed by atoms with van der Waals surface area (Å²) in [6, 6.07) is 5.10. The SMILES string of the molecule is C#CCOc1cc(-n2nc(C(C)(C)C)oc2=O)c(Cl)cc1Cl.CCCCCOC(=O)COc1cc(N2C(=O)C3=C(CCCC3)C2=O)c(F)cc1Cl. The number of hydrogen-bond acceptors (Lipinski definition) is 9. The van der Waals surface area contributed by atoms with Crippen molar-refractivity contribution in [2.24, 2.45) is 0 Å². The lowest BCUT2D eigenvalue weighted by molar-refractivity contribution is -0.146. The number of anilines is 1. The molecule has 15 heteroatoms. The van der Waals surface area contributed by atoms with E-state index in [4.69, 9.17) is 59.9 Å². The van der Waals surface area contributed by atoms with E-state index in [1.54, 1.807) is 0 Å². The van der Waals surface area contributed by atoms with Gasteiger partial charge in [0.1, 0.15) is 23.9 Å². The van der Waals surface area contributed by atoms with Crippen molar-refractivity contribution >= 4 is 58.3 Å². The van der Waals surface area contributed by atoms with Gasteiger partial charge >= 0.3 is 11.7 Å². The molecule has 1 aliphatic heterocycles. The van der Waals surface area contributed by atoms with Crippen LogP contribution in [0.25, 0.3) is 5.69 Å². The van der Waals surface area contributed by atoms with Gasteiger partial charge in [0, 0.05) is 28.7 Å². The van der Waals surface area contributed by atoms with Crippen LogP contribution in [0.15, 0.2) is 44.6 Å². The van der Waals surface area contributed by atoms with Crippen LogP contribution in [0.2, 0.25) is 15.1 Å². The van der Waals surface area contributed by atoms with Crippen molar-refractivity contribution in [3.8, 4) is 29.5 Å². The van der Waals surface area contributed by atoms with Gasteiger partial charge in [-0.2, -0.15) is 4.68 Å². The van der Waals surface area contributed by atoms with Crippen molar-refractivity contribution in [2.45, 2.75) is 78.1 Å². The lowest BCUT2D eigenvalue weighted by Gasteiger charge is -2.18. The monoisotopic (exact) mass is 763 g/mol. The van der Waals surface area contributed by atoms with Gasteiger partial charge in [0.2, 0.25) is 5.89 Å². The van der Waals surface area contributed by atoms with Crippen LogP contribution in [0, 0.1) is 18.2 Å². The number of aromatic nitrogens is 2. The number of ether oxygens (including phenoxy) is 3. The van der Waals surface area contributed by atoms with E-state index in [9.17, 15) is 23.6 Å². The van der Waals surface area contributed by atoms with Crippen LogP contribution in [0.3, 0.4) is 0 Å². The Bertz CT molecular complexity index is 1910. The number of unbranched alkanes of at least 4 members (excludes halogenated alkanes) is 2. The van der Waals surface area contributed by atoms with E-state index >= 15 is 0 Å². The van der Waals surface area contributed by atoms with Crippen LogP contribution >= 0.6 is 34.8 Å². The van der Waals surface area contributed by atoms with Gasteiger partial charge in [-0.3, -0.25) is 9.59 Å². The summed E-state index contributed by atoms with van der Waals surface area (Å²) in [6.45, 7) is 7.62. The number of rotatable bonds is 11. The normalized spacial score (nSPS) is 14.1. The predicted octanol–water partition coefficient (Wildman–Crippen LogP) is 7.78. The Morgan fingerprint density at radius 1 is 0.941 bits per heavy atom. The number of esters is 1. The number of imide groups is 1. The molecule has 0 atom stereocenters. The number of nitrogens with zero attached hydrogens (tertiary/aromatic N) is 3. The van der Waals surface area contributed by atoms with Gasteiger partial charge in [-0.15, -0.1) is 11.5 Å². The maximum atomic E-state index is 14.5. The molecule has 1 aromatic heterocycles. The minimum Gasteiger partial charge on any atom is -0.480 e. The lowest BCUT2D eigenvalue weighted by Crippen LogP contribution is -2.32. The van der Waals surface area contributed by atoms with Crippen LogP contribution in [0.5, 0.6) is 11.5 Å². The highest BCUT2D eigenvalue weighted by molar-refractivity contribution is 6.36. The Morgan fingerprint density at radius 2 is 1.55 bits per heavy atom. The smallest absolute Gasteiger partial charge is 0.442 e. The van der Waals surface area contributed by atoms with E-state index in [1.807, 2.05) is 27.7 Å². The fourth-order valence-electron chi connectivity index (χ4n) is 5.12. The summed E-state index contributed by atoms with van der Waals surface area (Å²) in [4.78, 5) is 50.0. The summed E-state index contributed by atoms with van der Waals surface area (Å²) >= 11 is 18.2. The minimum absolute atomic E-state index is 0.000883. The molecular formula is C36H37Cl3FN3O8. The zero-order valence-electron chi connectivity index (χ0n) is 28.6. The van der Waals surface area contributed by atoms with E-state index in [1.165, 1.54) is 18.2 Å². The summed E-state index contributed by atoms with van der Waals surface area (Å²) in [6.07, 6.45) is 10.6. The zero-order valence-corrected chi connectivity index (χ0v) is 30.8. The second kappa shape index (κ2) is 17.3. The lowest BCUT2D eigenvalue weighted by atomic mass is 9.93. The molecule has 2 aromatic carbocycles. The fraction of sp³-hybridized carbons (Fsp3) is 0.417. The summed E-state index contributed by atoms with van der Waals surface area (Å²) in [5.74, 6) is -0.0983. The quantitative estimate of drug-likeness (QED) is 0.0832. The number of terminal acetylenes is 1. The number of amides is 2. The Morgan fingerprint density at radius 3 is 2.14 bits per heavy atom. The number of hydrogen-bond donors (Lipinski definition) is 0. The van der Waals surface area contributed by atoms with Gasteiger partial charge in [0.05, 0.1) is 33.0 Å². The first-order valence-corrected chi connectivity index (χ1v) is 17.4. The molecule has 0 bridgehead atoms. The Balaban J connectivity index is 0.000000238. The molecule has 2 aliphatic rings. The molecular weight excluding hydrogens is 728 g/mol. The second-order valence-corrected chi connectivity index (χ2v) is 13.8. The van der Waals surface area contributed by atoms with Crippen LogP contribution in [-0.4, -0.2) is 47.4 Å². The molecule has 51 heavy (non-hydrogen) atoms. The maximum Gasteiger partial charge on any atom is 0.442 e. The molecule has 0 N–H and O–H groups in total. The Hall–Kier alpha value is -4.31. The largest absolute Gasteiger partial charge is 0.480 e. The van der Waals surface area contributed by atoms with Crippen molar-refractivity contribution < 1.29 is 37.4 Å². The minimum atomic E-state index is -0.814. The van der Waals surface area contributed by atoms with Crippen molar-refractivity contribution in [3.63, 3.8) is 0 Å². The Kier molecular flexibility index (Phi) is 13.4. The van der Waals surface area contributed by atoms with Crippen LogP contribution in [0.1, 0.15) is 78.5 Å². The number of carbonyl (C=O) groups excluding carboxylic acids is 3. The highest BCUT2D eigenvalue weighted by Gasteiger charge is 2.41. The average molecular weight is 765 g/mol. The van der Waals surface area contributed by atoms with Gasteiger partial charge in [-0.1, -0.05) is 81.3 Å². The number of benzene rings is 2. The zero-order chi connectivity index (χ0) is 37.5. The van der Waals surface area contributed by atoms with Crippen LogP contribution in [-0.2, 0) is 24.5 Å². The maximum absolute atomic E-state index is 14.5. The first-order valence-electron chi connectivity index (χ1n) is 16.2. The van der Waals surface area contributed by atoms with Crippen molar-refractivity contribution in [2.75, 3.05) is 24.7 Å². The van der Waals surface area contributed by atoms with E-state index in [0.717, 1.165) is 47.8 Å². The molecule has 0 spiro atoms. The van der Waals surface area contributed by atoms with Crippen LogP contribution < -0.4 is 20.1 Å². The molecule has 5 rings (SSSR count). The molecule has 2 heterocycles. The summed E-state index contributed by atoms with van der Waals surface area (Å²) in [5, 5.41) is 4.64. The molecule has 11 nitrogen and oxygen atoms in total. The van der Waals surface area contributed by atoms with Crippen LogP contribution in [0.4, 0.5) is 10.1 Å². The van der Waals surface area contributed by atoms with Crippen molar-refractivity contribution in [1.82, 2.24) is 9.78 Å². The number of carbonyl (C=O) groups is 3. The van der Waals surface area contributed by atoms with E-state index in [0.29, 0.717) is 47.9 Å². The summed E-state index contributed by atoms with van der Waals surface area (Å²) < 4.78 is 36.5. The standard InChI is InChI=1S/C21H23ClFNO5.C15H14Cl2N2O3/c1-2-3-6-9-28-19(25)12-29-18-11-17(16(23)10-15(18)22)24-20(26)13-7-4-5-8-14(13)21(24)27;1-5-6-21-12-8-11(9(16)7-10(12)17)19-14(20)22-13(18-19)15(2,3)4/h10-11H,2-9,12H2,1H3;1,7-8H,6H2,2-4H3. The molecule has 0 unspecified atom stereocenters. The highest BCUT2D eigenvalue weighted by atomic mass is 35.5. The van der Waals surface area contributed by atoms with Gasteiger partial charge in [-0.05, 0) is 44.2 Å². The molecule has 0 radical (unpaired) electrons. The van der Waals surface area contributed by atoms with Gasteiger partial charge in [0.25, 0.3) is 11.8 Å². The first kappa shape index (κ1) is 39.5. The molecule has 3 aromatic rings. The Labute approximate surface area is 309 Å². The predicted molar refractivity (Wildman–Crippen MR) is 191 cm³/mol. The first-order chi connectivity index (χ1) is 24.2. The molecule has 272 valence electrons. The third-order valence-corrected chi connectivity index (χ3v) is 8.61. The third-order valence-electron chi connectivity index (χ3n) is 7.72. The summed E-state index contributed by atoms with van der Waals surface area (Å²) in [7, 11) is 0. The van der Waals surface area contributed by atoms with Crippen molar-refractivity contribution in [3.05, 3.63) is 72.7 Å². The van der Waals surface area contributed by atoms with E-state index < -0.39 is 41.4 Å². The van der Waals surface area contributed by atoms with Gasteiger partial charge < -0.3 is 18.6 Å². The van der Waals surface area contributed by atoms with E-state index in [-0.39, 0.29) is 33.1 Å². The van der Waals surface area contributed by atoms with Crippen molar-refractivity contribution in [1.29, 1.82) is 0 Å². The molecule has 0 saturated heterocycles. The molecule has 2 amide bonds. The number of halogens is 4. The molecule has 1 aliphatic carbocycles. The highest BCUT2D eigenvalue weighted by Crippen LogP contribution is 2.39. The van der Waals surface area contributed by atoms with Gasteiger partial charge in [-0.25, -0.2) is 18.9 Å². The topological polar surface area (TPSA) is 130 Å². The van der Waals surface area contributed by atoms with E-state index in [2.05, 4.69) is 11.0 Å². The fourth-order valence-corrected chi connectivity index (χ4v) is 5.84. The molecule has 0 saturated carbocycles. The third kappa shape index (κ3) is 9.52. The summed E-state index contributed by atoms with van der Waals surface area (Å²) in [5.41, 5.74) is 0.571. The van der Waals surface area contributed by atoms with Gasteiger partial charge in [0.15, 0.2) is 6.61 Å². The molecule has 0 fully saturated rings. The second-order valence-electron chi connectivity index (χ2n) is 12.6. The average Bonchev–Trinajstić information content (AvgIpc) is 3.59.